The number of anilines is 3. The number of aliphatic hydroxyl groups is 1. The fourth-order valence-corrected chi connectivity index (χ4v) is 10.8. The van der Waals surface area contributed by atoms with Crippen LogP contribution in [0.2, 0.25) is 0 Å². The van der Waals surface area contributed by atoms with Gasteiger partial charge >= 0.3 is 18.0 Å². The fraction of sp³-hybridized carbons (Fsp3) is 0.246. The number of amides is 6. The zero-order chi connectivity index (χ0) is 50.5. The smallest absolute Gasteiger partial charge is 0.329 e. The van der Waals surface area contributed by atoms with Gasteiger partial charge in [-0.3, -0.25) is 19.3 Å². The number of aliphatic hydroxyl groups excluding tert-OH is 1. The number of cyclic esters (lactones) is 1. The maximum atomic E-state index is 16.8. The van der Waals surface area contributed by atoms with E-state index in [1.165, 1.54) is 0 Å². The summed E-state index contributed by atoms with van der Waals surface area (Å²) in [4.78, 5) is 80.1. The summed E-state index contributed by atoms with van der Waals surface area (Å²) in [6.45, 7) is 2.35. The number of nitrogens with zero attached hydrogens (tertiary/aromatic N) is 3. The molecule has 370 valence electrons. The average Bonchev–Trinajstić information content (AvgIpc) is 3.76. The van der Waals surface area contributed by atoms with Gasteiger partial charge in [0.25, 0.3) is 5.91 Å². The highest BCUT2D eigenvalue weighted by atomic mass is 16.6. The second kappa shape index (κ2) is 21.1. The highest BCUT2D eigenvalue weighted by Gasteiger charge is 2.74. The van der Waals surface area contributed by atoms with Crippen LogP contribution in [-0.4, -0.2) is 92.0 Å². The Labute approximate surface area is 422 Å². The number of nitrogens with two attached hydrogens (primary N) is 1. The Balaban J connectivity index is 1.23. The minimum atomic E-state index is -2.04. The lowest BCUT2D eigenvalue weighted by Gasteiger charge is -2.53. The van der Waals surface area contributed by atoms with Gasteiger partial charge in [0.1, 0.15) is 30.0 Å². The van der Waals surface area contributed by atoms with Gasteiger partial charge in [-0.25, -0.2) is 14.5 Å². The summed E-state index contributed by atoms with van der Waals surface area (Å²) in [7, 11) is 0. The van der Waals surface area contributed by atoms with Crippen LogP contribution in [0.25, 0.3) is 0 Å². The Bertz CT molecular complexity index is 3050. The zero-order valence-electron chi connectivity index (χ0n) is 39.7. The van der Waals surface area contributed by atoms with Gasteiger partial charge in [-0.2, -0.15) is 0 Å². The molecule has 10 rings (SSSR count). The number of benzene rings is 6. The SMILES string of the molecule is NC(=O)NCC#Cc1ccc2c(c1)[C@H]1[C@@H](C(=O)Nc3ccc(N4CCOCC4)cc3)[C@@H]3C(=O)O[C@@H](c4ccccc4)[C@@H](c4ccccc4)N3[C@]1(c1ccc(OCCO)cc1)C(=O)N2C(=O)NCc1ccccc1. The van der Waals surface area contributed by atoms with Crippen LogP contribution in [0.15, 0.2) is 158 Å². The summed E-state index contributed by atoms with van der Waals surface area (Å²) in [6, 6.07) is 43.2. The van der Waals surface area contributed by atoms with Crippen LogP contribution in [0.3, 0.4) is 0 Å². The molecule has 6 amide bonds. The minimum Gasteiger partial charge on any atom is -0.491 e. The molecule has 16 nitrogen and oxygen atoms in total. The van der Waals surface area contributed by atoms with Crippen molar-refractivity contribution in [2.75, 3.05) is 61.2 Å². The van der Waals surface area contributed by atoms with E-state index in [1.54, 1.807) is 54.6 Å². The lowest BCUT2D eigenvalue weighted by atomic mass is 9.66. The molecule has 4 aliphatic rings. The molecule has 0 radical (unpaired) electrons. The van der Waals surface area contributed by atoms with E-state index in [4.69, 9.17) is 19.9 Å². The van der Waals surface area contributed by atoms with Crippen LogP contribution in [0.5, 0.6) is 5.75 Å². The molecule has 3 saturated heterocycles. The molecular weight excluding hydrogens is 927 g/mol. The Morgan fingerprint density at radius 3 is 2.12 bits per heavy atom. The highest BCUT2D eigenvalue weighted by Crippen LogP contribution is 2.65. The molecule has 0 aliphatic carbocycles. The Morgan fingerprint density at radius 2 is 1.45 bits per heavy atom. The van der Waals surface area contributed by atoms with Gasteiger partial charge in [-0.05, 0) is 82.4 Å². The summed E-state index contributed by atoms with van der Waals surface area (Å²) >= 11 is 0. The summed E-state index contributed by atoms with van der Waals surface area (Å²) in [5.74, 6) is 1.77. The maximum absolute atomic E-state index is 16.8. The second-order valence-electron chi connectivity index (χ2n) is 18.1. The lowest BCUT2D eigenvalue weighted by molar-refractivity contribution is -0.183. The molecule has 16 heteroatoms. The van der Waals surface area contributed by atoms with Crippen LogP contribution in [0, 0.1) is 17.8 Å². The third kappa shape index (κ3) is 9.33. The first-order valence-corrected chi connectivity index (χ1v) is 24.2. The molecule has 6 atom stereocenters. The number of carbonyl (C=O) groups is 5. The Morgan fingerprint density at radius 1 is 0.781 bits per heavy atom. The summed E-state index contributed by atoms with van der Waals surface area (Å²) in [5.41, 5.74) is 8.15. The predicted molar refractivity (Wildman–Crippen MR) is 272 cm³/mol. The van der Waals surface area contributed by atoms with Crippen LogP contribution < -0.4 is 36.2 Å². The molecule has 4 aliphatic heterocycles. The maximum Gasteiger partial charge on any atom is 0.329 e. The van der Waals surface area contributed by atoms with Crippen molar-refractivity contribution in [3.8, 4) is 17.6 Å². The standard InChI is InChI=1S/C57H53N7O9/c58-55(69)59-28-10-13-37-18-27-46-45(35-37)48-47(52(66)61-42-21-23-43(24-22-42)62-29-32-71-33-30-62)50-53(67)73-51(40-16-8-3-9-17-40)49(39-14-6-2-7-15-39)64(50)57(48,41-19-25-44(26-20-41)72-34-31-65)54(68)63(46)56(70)60-36-38-11-4-1-5-12-38/h1-9,11-12,14-27,35,47-51,65H,28-34,36H2,(H,60,70)(H,61,66)(H3,58,59,69)/t47-,48+,49-,50-,51+,57+/m1/s1. The largest absolute Gasteiger partial charge is 0.491 e. The topological polar surface area (TPSA) is 205 Å². The molecule has 6 aromatic rings. The van der Waals surface area contributed by atoms with E-state index in [0.29, 0.717) is 65.6 Å². The van der Waals surface area contributed by atoms with Gasteiger partial charge < -0.3 is 45.9 Å². The highest BCUT2D eigenvalue weighted by molar-refractivity contribution is 6.21. The number of nitrogens with one attached hydrogen (secondary N) is 3. The van der Waals surface area contributed by atoms with Gasteiger partial charge in [0.15, 0.2) is 0 Å². The van der Waals surface area contributed by atoms with Crippen molar-refractivity contribution in [1.82, 2.24) is 15.5 Å². The van der Waals surface area contributed by atoms with Gasteiger partial charge in [0.2, 0.25) is 5.91 Å². The summed E-state index contributed by atoms with van der Waals surface area (Å²) < 4.78 is 18.0. The molecule has 0 unspecified atom stereocenters. The van der Waals surface area contributed by atoms with E-state index in [9.17, 15) is 9.90 Å². The molecule has 3 fully saturated rings. The quantitative estimate of drug-likeness (QED) is 0.0697. The van der Waals surface area contributed by atoms with Crippen LogP contribution in [-0.2, 0) is 35.9 Å². The number of hydrogen-bond acceptors (Lipinski definition) is 11. The van der Waals surface area contributed by atoms with Crippen molar-refractivity contribution in [3.05, 3.63) is 191 Å². The first-order chi connectivity index (χ1) is 35.7. The molecule has 0 aromatic heterocycles. The van der Waals surface area contributed by atoms with Crippen molar-refractivity contribution in [2.45, 2.75) is 36.2 Å². The monoisotopic (exact) mass is 979 g/mol. The number of imide groups is 1. The molecule has 0 bridgehead atoms. The molecule has 0 spiro atoms. The van der Waals surface area contributed by atoms with E-state index in [0.717, 1.165) is 16.2 Å². The summed E-state index contributed by atoms with van der Waals surface area (Å²) in [5, 5.41) is 18.3. The van der Waals surface area contributed by atoms with E-state index in [1.807, 2.05) is 108 Å². The second-order valence-corrected chi connectivity index (χ2v) is 18.1. The Hall–Kier alpha value is -8.49. The van der Waals surface area contributed by atoms with Crippen molar-refractivity contribution in [2.24, 2.45) is 11.7 Å². The van der Waals surface area contributed by atoms with Crippen LogP contribution >= 0.6 is 0 Å². The lowest BCUT2D eigenvalue weighted by Crippen LogP contribution is -2.65. The number of hydrogen-bond donors (Lipinski definition) is 5. The number of morpholine rings is 2. The molecule has 4 heterocycles. The third-order valence-corrected chi connectivity index (χ3v) is 13.9. The number of fused-ring (bicyclic) bond motifs is 5. The van der Waals surface area contributed by atoms with E-state index in [-0.39, 0.29) is 32.0 Å². The number of primary amides is 1. The normalized spacial score (nSPS) is 22.1. The molecule has 6 N–H and O–H groups in total. The molecular formula is C57H53N7O9. The fourth-order valence-electron chi connectivity index (χ4n) is 10.8. The minimum absolute atomic E-state index is 0.00188. The van der Waals surface area contributed by atoms with Gasteiger partial charge in [-0.15, -0.1) is 0 Å². The first-order valence-electron chi connectivity index (χ1n) is 24.2. The van der Waals surface area contributed by atoms with E-state index >= 15 is 19.2 Å². The number of rotatable bonds is 12. The zero-order valence-corrected chi connectivity index (χ0v) is 39.7. The van der Waals surface area contributed by atoms with Crippen molar-refractivity contribution >= 4 is 46.9 Å². The summed E-state index contributed by atoms with van der Waals surface area (Å²) in [6.07, 6.45) is -1.02. The van der Waals surface area contributed by atoms with Gasteiger partial charge in [-0.1, -0.05) is 115 Å². The van der Waals surface area contributed by atoms with Gasteiger partial charge in [0.05, 0.1) is 44.0 Å². The van der Waals surface area contributed by atoms with Crippen LogP contribution in [0.4, 0.5) is 26.7 Å². The number of urea groups is 2. The van der Waals surface area contributed by atoms with Crippen molar-refractivity contribution in [1.29, 1.82) is 0 Å². The number of esters is 1. The van der Waals surface area contributed by atoms with Crippen LogP contribution in [0.1, 0.15) is 51.4 Å². The third-order valence-electron chi connectivity index (χ3n) is 13.9. The van der Waals surface area contributed by atoms with Crippen molar-refractivity contribution in [3.63, 3.8) is 0 Å². The van der Waals surface area contributed by atoms with E-state index in [2.05, 4.69) is 32.7 Å². The average molecular weight is 980 g/mol. The number of ether oxygens (including phenoxy) is 3. The molecule has 0 saturated carbocycles. The predicted octanol–water partition coefficient (Wildman–Crippen LogP) is 6.13. The number of carbonyl (C=O) groups excluding carboxylic acids is 5. The van der Waals surface area contributed by atoms with Crippen molar-refractivity contribution < 1.29 is 43.3 Å². The molecule has 73 heavy (non-hydrogen) atoms. The Kier molecular flexibility index (Phi) is 13.9. The van der Waals surface area contributed by atoms with Gasteiger partial charge in [0, 0.05) is 42.5 Å². The first kappa shape index (κ1) is 48.2. The molecule has 6 aromatic carbocycles. The van der Waals surface area contributed by atoms with E-state index < -0.39 is 65.4 Å².